The minimum atomic E-state index is -0.854. The normalized spacial score (nSPS) is 14.2. The highest BCUT2D eigenvalue weighted by Crippen LogP contribution is 2.32. The van der Waals surface area contributed by atoms with Gasteiger partial charge in [0.1, 0.15) is 0 Å². The van der Waals surface area contributed by atoms with E-state index >= 15 is 0 Å². The maximum absolute atomic E-state index is 12.9. The third-order valence-electron chi connectivity index (χ3n) is 8.79. The Balaban J connectivity index is 0.00000198. The van der Waals surface area contributed by atoms with Gasteiger partial charge in [0.05, 0.1) is 30.7 Å². The molecule has 13 nitrogen and oxygen atoms in total. The number of aliphatic hydroxyl groups excluding tert-OH is 1. The van der Waals surface area contributed by atoms with Crippen molar-refractivity contribution in [2.75, 3.05) is 40.5 Å². The van der Waals surface area contributed by atoms with Gasteiger partial charge in [0.15, 0.2) is 11.5 Å². The summed E-state index contributed by atoms with van der Waals surface area (Å²) in [6.07, 6.45) is 2.11. The number of aliphatic hydroxyl groups is 1. The zero-order chi connectivity index (χ0) is 37.9. The van der Waals surface area contributed by atoms with Gasteiger partial charge in [-0.05, 0) is 82.4 Å². The van der Waals surface area contributed by atoms with Crippen molar-refractivity contribution < 1.29 is 38.5 Å². The van der Waals surface area contributed by atoms with Crippen LogP contribution in [0.25, 0.3) is 0 Å². The summed E-state index contributed by atoms with van der Waals surface area (Å²) in [5.74, 6) is 0.377. The van der Waals surface area contributed by atoms with Crippen LogP contribution >= 0.6 is 0 Å². The van der Waals surface area contributed by atoms with E-state index in [9.17, 15) is 24.3 Å². The van der Waals surface area contributed by atoms with Crippen molar-refractivity contribution in [3.63, 3.8) is 0 Å². The van der Waals surface area contributed by atoms with Crippen LogP contribution in [0.2, 0.25) is 0 Å². The first-order chi connectivity index (χ1) is 22.7. The van der Waals surface area contributed by atoms with Crippen molar-refractivity contribution in [2.24, 2.45) is 51.7 Å². The number of nitrogens with one attached hydrogen (secondary N) is 2. The van der Waals surface area contributed by atoms with Gasteiger partial charge in [-0.3, -0.25) is 19.2 Å². The van der Waals surface area contributed by atoms with E-state index in [1.54, 1.807) is 41.9 Å². The van der Waals surface area contributed by atoms with Crippen molar-refractivity contribution in [2.45, 2.75) is 93.2 Å². The molecule has 4 amide bonds. The van der Waals surface area contributed by atoms with E-state index in [1.165, 1.54) is 0 Å². The predicted molar refractivity (Wildman–Crippen MR) is 192 cm³/mol. The van der Waals surface area contributed by atoms with Gasteiger partial charge in [-0.2, -0.15) is 0 Å². The molecule has 0 bridgehead atoms. The van der Waals surface area contributed by atoms with Gasteiger partial charge in [-0.15, -0.1) is 0 Å². The quantitative estimate of drug-likeness (QED) is 0.0731. The highest BCUT2D eigenvalue weighted by molar-refractivity contribution is 5.83. The molecule has 0 radical (unpaired) electrons. The molecule has 49 heavy (non-hydrogen) atoms. The molecule has 0 saturated heterocycles. The van der Waals surface area contributed by atoms with Gasteiger partial charge in [0, 0.05) is 45.2 Å². The highest BCUT2D eigenvalue weighted by Gasteiger charge is 2.32. The van der Waals surface area contributed by atoms with Gasteiger partial charge >= 0.3 is 0 Å². The first kappa shape index (κ1) is 45.6. The van der Waals surface area contributed by atoms with Gasteiger partial charge in [-0.25, -0.2) is 0 Å². The van der Waals surface area contributed by atoms with Crippen molar-refractivity contribution in [3.8, 4) is 11.5 Å². The van der Waals surface area contributed by atoms with E-state index in [0.717, 1.165) is 18.4 Å². The number of carbonyl (C=O) groups excluding carboxylic acids is 4. The van der Waals surface area contributed by atoms with E-state index in [0.29, 0.717) is 43.5 Å². The summed E-state index contributed by atoms with van der Waals surface area (Å²) in [6.45, 7) is 16.5. The topological polar surface area (TPSA) is 218 Å². The second-order valence-electron chi connectivity index (χ2n) is 14.7. The molecule has 0 aliphatic carbocycles. The van der Waals surface area contributed by atoms with Crippen molar-refractivity contribution in [3.05, 3.63) is 23.8 Å². The summed E-state index contributed by atoms with van der Waals surface area (Å²) in [6, 6.07) is 5.47. The number of amides is 4. The van der Waals surface area contributed by atoms with E-state index in [1.807, 2.05) is 32.0 Å². The van der Waals surface area contributed by atoms with Crippen LogP contribution in [0.15, 0.2) is 18.2 Å². The van der Waals surface area contributed by atoms with E-state index in [-0.39, 0.29) is 37.3 Å². The summed E-state index contributed by atoms with van der Waals surface area (Å²) in [5.41, 5.74) is 16.6. The summed E-state index contributed by atoms with van der Waals surface area (Å²) < 4.78 is 16.5. The number of hydrogen-bond donors (Lipinski definition) is 6. The van der Waals surface area contributed by atoms with Crippen LogP contribution < -0.4 is 37.3 Å². The van der Waals surface area contributed by atoms with Crippen LogP contribution in [0.5, 0.6) is 11.5 Å². The minimum absolute atomic E-state index is 0.00829. The van der Waals surface area contributed by atoms with Gasteiger partial charge in [-0.1, -0.05) is 33.8 Å². The van der Waals surface area contributed by atoms with Crippen LogP contribution in [-0.4, -0.2) is 81.9 Å². The maximum Gasteiger partial charge on any atom is 0.224 e. The number of carbonyl (C=O) groups is 4. The summed E-state index contributed by atoms with van der Waals surface area (Å²) in [4.78, 5) is 45.0. The lowest BCUT2D eigenvalue weighted by atomic mass is 9.80. The third-order valence-corrected chi connectivity index (χ3v) is 8.79. The molecule has 0 spiro atoms. The Bertz CT molecular complexity index is 1160. The van der Waals surface area contributed by atoms with E-state index in [2.05, 4.69) is 24.5 Å². The average molecular weight is 696 g/mol. The Morgan fingerprint density at radius 2 is 1.49 bits per heavy atom. The number of hydrogen-bond acceptors (Lipinski definition) is 9. The molecule has 0 aliphatic rings. The number of primary amides is 2. The zero-order valence-corrected chi connectivity index (χ0v) is 31.5. The molecule has 0 fully saturated rings. The Hall–Kier alpha value is -3.42. The number of ether oxygens (including phenoxy) is 3. The fourth-order valence-corrected chi connectivity index (χ4v) is 4.77. The molecule has 282 valence electrons. The Kier molecular flexibility index (Phi) is 20.8. The monoisotopic (exact) mass is 695 g/mol. The van der Waals surface area contributed by atoms with E-state index < -0.39 is 40.7 Å². The van der Waals surface area contributed by atoms with Gasteiger partial charge in [0.25, 0.3) is 0 Å². The number of nitrogens with two attached hydrogens (primary N) is 3. The van der Waals surface area contributed by atoms with Crippen LogP contribution in [0.3, 0.4) is 0 Å². The molecular weight excluding hydrogens is 630 g/mol. The highest BCUT2D eigenvalue weighted by atomic mass is 16.5. The average Bonchev–Trinajstić information content (AvgIpc) is 3.03. The molecule has 4 atom stereocenters. The summed E-state index contributed by atoms with van der Waals surface area (Å²) in [7, 11) is 3.29. The Labute approximate surface area is 293 Å². The fourth-order valence-electron chi connectivity index (χ4n) is 4.77. The molecule has 13 heteroatoms. The number of methoxy groups -OCH3 is 2. The molecule has 0 unspecified atom stereocenters. The summed E-state index contributed by atoms with van der Waals surface area (Å²) in [5, 5.41) is 16.3. The first-order valence-electron chi connectivity index (χ1n) is 17.0. The first-order valence-corrected chi connectivity index (χ1v) is 17.0. The molecule has 0 aliphatic heterocycles. The fraction of sp³-hybridized carbons (Fsp3) is 0.722. The van der Waals surface area contributed by atoms with Crippen molar-refractivity contribution in [1.29, 1.82) is 0 Å². The lowest BCUT2D eigenvalue weighted by Crippen LogP contribution is -2.46. The van der Waals surface area contributed by atoms with Gasteiger partial charge in [0.2, 0.25) is 24.1 Å². The standard InChI is InChI=1S/C30H53N3O6.C6H12N2O2/c1-19(2)22(14-21-10-11-26(38-8)27(15-21)39-13-9-12-37-7)16-24(31)25(34)17-23(20(3)4)28(35)33-18-30(5,6)29(32)36;1-6(2,5(7)10)3-8-4-9/h10-11,15,19-20,22-25,34H,9,12-14,16-18,31H2,1-8H3,(H2,32,36)(H,33,35);4H,3H2,1-2H3,(H2,7,10)(H,8,9)/t22-,23-,24-,25-;/m0./s1. The molecule has 9 N–H and O–H groups in total. The number of benzene rings is 1. The molecular formula is C36H65N5O8. The second kappa shape index (κ2) is 22.3. The van der Waals surface area contributed by atoms with Crippen LogP contribution in [-0.2, 0) is 30.3 Å². The van der Waals surface area contributed by atoms with Crippen LogP contribution in [0.1, 0.15) is 80.2 Å². The molecule has 1 rings (SSSR count). The van der Waals surface area contributed by atoms with Crippen molar-refractivity contribution in [1.82, 2.24) is 10.6 Å². The SMILES string of the molecule is CC(C)(CNC=O)C(N)=O.COCCCOc1cc(C[C@@H](C[C@H](N)[C@@H](O)C[C@H](C(=O)NCC(C)(C)C(N)=O)C(C)C)C(C)C)ccc1OC. The molecule has 1 aromatic rings. The summed E-state index contributed by atoms with van der Waals surface area (Å²) >= 11 is 0. The van der Waals surface area contributed by atoms with Crippen LogP contribution in [0, 0.1) is 34.5 Å². The largest absolute Gasteiger partial charge is 0.493 e. The van der Waals surface area contributed by atoms with Crippen LogP contribution in [0.4, 0.5) is 0 Å². The smallest absolute Gasteiger partial charge is 0.224 e. The number of rotatable bonds is 23. The lowest BCUT2D eigenvalue weighted by Gasteiger charge is -2.30. The predicted octanol–water partition coefficient (Wildman–Crippen LogP) is 2.54. The Morgan fingerprint density at radius 3 is 1.98 bits per heavy atom. The minimum Gasteiger partial charge on any atom is -0.493 e. The van der Waals surface area contributed by atoms with Gasteiger partial charge < -0.3 is 47.2 Å². The third kappa shape index (κ3) is 17.2. The molecule has 0 aromatic heterocycles. The lowest BCUT2D eigenvalue weighted by molar-refractivity contribution is -0.130. The zero-order valence-electron chi connectivity index (χ0n) is 31.5. The van der Waals surface area contributed by atoms with E-state index in [4.69, 9.17) is 31.4 Å². The van der Waals surface area contributed by atoms with Crippen molar-refractivity contribution >= 4 is 24.1 Å². The second-order valence-corrected chi connectivity index (χ2v) is 14.7. The molecule has 0 heterocycles. The maximum atomic E-state index is 12.9. The molecule has 1 aromatic carbocycles. The Morgan fingerprint density at radius 1 is 0.898 bits per heavy atom. The molecule has 0 saturated carbocycles.